The molecule has 0 saturated heterocycles. The van der Waals surface area contributed by atoms with Crippen LogP contribution in [0.1, 0.15) is 23.6 Å². The normalized spacial score (nSPS) is 12.8. The van der Waals surface area contributed by atoms with Crippen LogP contribution in [0.4, 0.5) is 0 Å². The molecule has 3 heteroatoms. The van der Waals surface area contributed by atoms with Gasteiger partial charge in [-0.15, -0.1) is 0 Å². The fourth-order valence-electron chi connectivity index (χ4n) is 2.87. The lowest BCUT2D eigenvalue weighted by atomic mass is 9.82. The summed E-state index contributed by atoms with van der Waals surface area (Å²) in [4.78, 5) is 16.8. The van der Waals surface area contributed by atoms with Crippen LogP contribution < -0.4 is 0 Å². The molecule has 0 aliphatic heterocycles. The van der Waals surface area contributed by atoms with Crippen LogP contribution >= 0.6 is 0 Å². The fourth-order valence-corrected chi connectivity index (χ4v) is 2.87. The second kappa shape index (κ2) is 7.79. The van der Waals surface area contributed by atoms with Gasteiger partial charge in [0.25, 0.3) is 0 Å². The predicted molar refractivity (Wildman–Crippen MR) is 105 cm³/mol. The molecule has 3 aromatic carbocycles. The van der Waals surface area contributed by atoms with Gasteiger partial charge in [0.15, 0.2) is 0 Å². The topological polar surface area (TPSA) is 49.7 Å². The standard InChI is InChI=1S/C23H21NO2/c1-23(22(25)26,20-15-9-4-10-16-20)17-24-21(18-11-5-2-6-12-18)19-13-7-3-8-14-19/h2-16H,17H2,1H3,(H,25,26). The van der Waals surface area contributed by atoms with E-state index in [1.807, 2.05) is 91.0 Å². The fraction of sp³-hybridized carbons (Fsp3) is 0.130. The third kappa shape index (κ3) is 3.72. The highest BCUT2D eigenvalue weighted by atomic mass is 16.4. The largest absolute Gasteiger partial charge is 0.481 e. The maximum atomic E-state index is 12.0. The van der Waals surface area contributed by atoms with Gasteiger partial charge in [0, 0.05) is 11.1 Å². The Morgan fingerprint density at radius 1 is 0.808 bits per heavy atom. The first-order chi connectivity index (χ1) is 12.6. The van der Waals surface area contributed by atoms with E-state index >= 15 is 0 Å². The smallest absolute Gasteiger partial charge is 0.315 e. The van der Waals surface area contributed by atoms with Gasteiger partial charge in [-0.2, -0.15) is 0 Å². The summed E-state index contributed by atoms with van der Waals surface area (Å²) in [7, 11) is 0. The lowest BCUT2D eigenvalue weighted by Crippen LogP contribution is -2.36. The van der Waals surface area contributed by atoms with Crippen LogP contribution in [0.25, 0.3) is 0 Å². The molecule has 0 amide bonds. The number of hydrogen-bond donors (Lipinski definition) is 1. The molecule has 26 heavy (non-hydrogen) atoms. The highest BCUT2D eigenvalue weighted by Gasteiger charge is 2.35. The Bertz CT molecular complexity index is 848. The Kier molecular flexibility index (Phi) is 5.28. The van der Waals surface area contributed by atoms with E-state index in [-0.39, 0.29) is 6.54 Å². The van der Waals surface area contributed by atoms with Gasteiger partial charge in [-0.3, -0.25) is 9.79 Å². The minimum absolute atomic E-state index is 0.158. The molecule has 3 rings (SSSR count). The Hall–Kier alpha value is -3.20. The molecule has 0 aromatic heterocycles. The molecule has 0 bridgehead atoms. The maximum absolute atomic E-state index is 12.0. The van der Waals surface area contributed by atoms with E-state index < -0.39 is 11.4 Å². The van der Waals surface area contributed by atoms with Crippen LogP contribution in [-0.4, -0.2) is 23.3 Å². The Morgan fingerprint density at radius 2 is 1.23 bits per heavy atom. The molecule has 0 aliphatic carbocycles. The molecule has 0 saturated carbocycles. The van der Waals surface area contributed by atoms with Crippen molar-refractivity contribution in [2.24, 2.45) is 4.99 Å². The highest BCUT2D eigenvalue weighted by molar-refractivity contribution is 6.13. The molecule has 1 atom stereocenters. The van der Waals surface area contributed by atoms with E-state index in [2.05, 4.69) is 0 Å². The minimum atomic E-state index is -1.09. The SMILES string of the molecule is CC(CN=C(c1ccccc1)c1ccccc1)(C(=O)O)c1ccccc1. The van der Waals surface area contributed by atoms with E-state index in [9.17, 15) is 9.90 Å². The summed E-state index contributed by atoms with van der Waals surface area (Å²) in [6.07, 6.45) is 0. The van der Waals surface area contributed by atoms with Gasteiger partial charge in [0.2, 0.25) is 0 Å². The van der Waals surface area contributed by atoms with Crippen molar-refractivity contribution in [1.29, 1.82) is 0 Å². The zero-order chi connectivity index (χ0) is 18.4. The monoisotopic (exact) mass is 343 g/mol. The maximum Gasteiger partial charge on any atom is 0.315 e. The van der Waals surface area contributed by atoms with Crippen molar-refractivity contribution < 1.29 is 9.90 Å². The summed E-state index contributed by atoms with van der Waals surface area (Å²) < 4.78 is 0. The number of aliphatic carboxylic acids is 1. The van der Waals surface area contributed by atoms with Crippen LogP contribution in [0, 0.1) is 0 Å². The lowest BCUT2D eigenvalue weighted by molar-refractivity contribution is -0.142. The van der Waals surface area contributed by atoms with Crippen molar-refractivity contribution in [3.8, 4) is 0 Å². The number of carboxylic acid groups (broad SMARTS) is 1. The number of rotatable bonds is 6. The predicted octanol–water partition coefficient (Wildman–Crippen LogP) is 4.57. The van der Waals surface area contributed by atoms with E-state index in [1.54, 1.807) is 6.92 Å². The average molecular weight is 343 g/mol. The van der Waals surface area contributed by atoms with Gasteiger partial charge >= 0.3 is 5.97 Å². The van der Waals surface area contributed by atoms with Crippen molar-refractivity contribution in [2.45, 2.75) is 12.3 Å². The Labute approximate surface area is 153 Å². The van der Waals surface area contributed by atoms with Crippen molar-refractivity contribution in [3.05, 3.63) is 108 Å². The van der Waals surface area contributed by atoms with E-state index in [4.69, 9.17) is 4.99 Å². The van der Waals surface area contributed by atoms with Crippen molar-refractivity contribution in [2.75, 3.05) is 6.54 Å². The minimum Gasteiger partial charge on any atom is -0.481 e. The zero-order valence-corrected chi connectivity index (χ0v) is 14.7. The molecule has 0 fully saturated rings. The molecular formula is C23H21NO2. The van der Waals surface area contributed by atoms with Crippen LogP contribution in [0.5, 0.6) is 0 Å². The first-order valence-electron chi connectivity index (χ1n) is 8.55. The average Bonchev–Trinajstić information content (AvgIpc) is 2.70. The first kappa shape index (κ1) is 17.6. The van der Waals surface area contributed by atoms with E-state index in [0.29, 0.717) is 0 Å². The number of hydrogen-bond acceptors (Lipinski definition) is 2. The number of aliphatic imine (C=N–C) groups is 1. The van der Waals surface area contributed by atoms with Crippen LogP contribution in [0.2, 0.25) is 0 Å². The summed E-state index contributed by atoms with van der Waals surface area (Å²) in [5.74, 6) is -0.882. The number of nitrogens with zero attached hydrogens (tertiary/aromatic N) is 1. The van der Waals surface area contributed by atoms with Crippen LogP contribution in [0.3, 0.4) is 0 Å². The Balaban J connectivity index is 2.04. The third-order valence-electron chi connectivity index (χ3n) is 4.53. The number of carboxylic acids is 1. The lowest BCUT2D eigenvalue weighted by Gasteiger charge is -2.24. The summed E-state index contributed by atoms with van der Waals surface area (Å²) >= 11 is 0. The van der Waals surface area contributed by atoms with Gasteiger partial charge in [-0.25, -0.2) is 0 Å². The van der Waals surface area contributed by atoms with Gasteiger partial charge in [0.1, 0.15) is 5.41 Å². The van der Waals surface area contributed by atoms with Gasteiger partial charge in [-0.05, 0) is 12.5 Å². The van der Waals surface area contributed by atoms with Crippen molar-refractivity contribution in [1.82, 2.24) is 0 Å². The van der Waals surface area contributed by atoms with Gasteiger partial charge < -0.3 is 5.11 Å². The van der Waals surface area contributed by atoms with Crippen LogP contribution in [-0.2, 0) is 10.2 Å². The molecule has 0 heterocycles. The van der Waals surface area contributed by atoms with Crippen molar-refractivity contribution >= 4 is 11.7 Å². The molecular weight excluding hydrogens is 322 g/mol. The third-order valence-corrected chi connectivity index (χ3v) is 4.53. The summed E-state index contributed by atoms with van der Waals surface area (Å²) in [6.45, 7) is 1.88. The number of carbonyl (C=O) groups is 1. The first-order valence-corrected chi connectivity index (χ1v) is 8.55. The van der Waals surface area contributed by atoms with E-state index in [0.717, 1.165) is 22.4 Å². The second-order valence-corrected chi connectivity index (χ2v) is 6.40. The molecule has 0 aliphatic rings. The van der Waals surface area contributed by atoms with E-state index in [1.165, 1.54) is 0 Å². The molecule has 3 nitrogen and oxygen atoms in total. The zero-order valence-electron chi connectivity index (χ0n) is 14.7. The summed E-state index contributed by atoms with van der Waals surface area (Å²) in [5.41, 5.74) is 2.40. The van der Waals surface area contributed by atoms with Gasteiger partial charge in [0.05, 0.1) is 12.3 Å². The molecule has 1 N–H and O–H groups in total. The summed E-state index contributed by atoms with van der Waals surface area (Å²) in [5, 5.41) is 9.87. The molecule has 0 spiro atoms. The highest BCUT2D eigenvalue weighted by Crippen LogP contribution is 2.25. The van der Waals surface area contributed by atoms with Gasteiger partial charge in [-0.1, -0.05) is 91.0 Å². The second-order valence-electron chi connectivity index (χ2n) is 6.40. The Morgan fingerprint density at radius 3 is 1.65 bits per heavy atom. The number of benzene rings is 3. The summed E-state index contributed by atoms with van der Waals surface area (Å²) in [6, 6.07) is 29.0. The quantitative estimate of drug-likeness (QED) is 0.667. The molecule has 1 unspecified atom stereocenters. The van der Waals surface area contributed by atoms with Crippen LogP contribution in [0.15, 0.2) is 96.0 Å². The molecule has 130 valence electrons. The molecule has 0 radical (unpaired) electrons. The van der Waals surface area contributed by atoms with Crippen molar-refractivity contribution in [3.63, 3.8) is 0 Å². The molecule has 3 aromatic rings.